The zero-order valence-electron chi connectivity index (χ0n) is 45.7. The quantitative estimate of drug-likeness (QED) is 0.155. The van der Waals surface area contributed by atoms with Crippen LogP contribution in [0, 0.1) is 104 Å². The van der Waals surface area contributed by atoms with Crippen LogP contribution in [0.4, 0.5) is 0 Å². The van der Waals surface area contributed by atoms with Crippen LogP contribution in [-0.4, -0.2) is 5.78 Å². The molecule has 2 nitrogen and oxygen atoms in total. The van der Waals surface area contributed by atoms with Crippen molar-refractivity contribution >= 4 is 5.78 Å². The van der Waals surface area contributed by atoms with E-state index in [9.17, 15) is 4.79 Å². The zero-order valence-corrected chi connectivity index (χ0v) is 45.7. The predicted molar refractivity (Wildman–Crippen MR) is 311 cm³/mol. The van der Waals surface area contributed by atoms with Crippen LogP contribution in [0.3, 0.4) is 0 Å². The molecule has 0 amide bonds. The van der Waals surface area contributed by atoms with Gasteiger partial charge in [-0.15, -0.1) is 0 Å². The molecule has 0 atom stereocenters. The normalized spacial score (nSPS) is 10.2. The molecule has 0 aliphatic rings. The van der Waals surface area contributed by atoms with E-state index in [1.165, 1.54) is 94.6 Å². The highest BCUT2D eigenvalue weighted by Crippen LogP contribution is 2.26. The number of carbonyl (C=O) groups is 1. The lowest BCUT2D eigenvalue weighted by molar-refractivity contribution is 0.103. The third-order valence-electron chi connectivity index (χ3n) is 13.1. The molecule has 9 aromatic rings. The van der Waals surface area contributed by atoms with Crippen molar-refractivity contribution in [3.8, 4) is 33.8 Å². The summed E-state index contributed by atoms with van der Waals surface area (Å²) in [6, 6.07) is 64.8. The smallest absolute Gasteiger partial charge is 0.193 e. The minimum Gasteiger partial charge on any atom is -0.457 e. The predicted octanol–water partition coefficient (Wildman–Crippen LogP) is 19.4. The molecule has 0 radical (unpaired) electrons. The highest BCUT2D eigenvalue weighted by molar-refractivity contribution is 6.09. The number of carbonyl (C=O) groups excluding carboxylic acids is 1. The van der Waals surface area contributed by atoms with Crippen molar-refractivity contribution in [2.75, 3.05) is 0 Å². The largest absolute Gasteiger partial charge is 0.457 e. The Labute approximate surface area is 433 Å². The summed E-state index contributed by atoms with van der Waals surface area (Å²) >= 11 is 0. The maximum atomic E-state index is 12.3. The average molecular weight is 949 g/mol. The molecular formula is C70H76O2. The van der Waals surface area contributed by atoms with E-state index >= 15 is 0 Å². The Morgan fingerprint density at radius 2 is 0.597 bits per heavy atom. The van der Waals surface area contributed by atoms with Crippen LogP contribution in [0.5, 0.6) is 11.5 Å². The summed E-state index contributed by atoms with van der Waals surface area (Å²) in [6.45, 7) is 31.6. The van der Waals surface area contributed by atoms with Crippen LogP contribution in [-0.2, 0) is 0 Å². The Kier molecular flexibility index (Phi) is 20.5. The molecule has 0 heterocycles. The number of rotatable bonds is 6. The van der Waals surface area contributed by atoms with Crippen LogP contribution in [0.1, 0.15) is 99.4 Å². The Balaban J connectivity index is 0.000000169. The van der Waals surface area contributed by atoms with Crippen molar-refractivity contribution in [2.45, 2.75) is 104 Å². The summed E-state index contributed by atoms with van der Waals surface area (Å²) in [5.74, 6) is 1.88. The van der Waals surface area contributed by atoms with E-state index in [0.717, 1.165) is 33.8 Å². The molecule has 0 aliphatic carbocycles. The Hall–Kier alpha value is -7.55. The van der Waals surface area contributed by atoms with Gasteiger partial charge in [0, 0.05) is 11.1 Å². The Morgan fingerprint density at radius 3 is 1.03 bits per heavy atom. The third-order valence-corrected chi connectivity index (χ3v) is 13.1. The fourth-order valence-electron chi connectivity index (χ4n) is 7.81. The summed E-state index contributed by atoms with van der Waals surface area (Å²) < 4.78 is 5.80. The number of aryl methyl sites for hydroxylation is 15. The molecule has 0 saturated carbocycles. The van der Waals surface area contributed by atoms with Crippen molar-refractivity contribution < 1.29 is 9.53 Å². The van der Waals surface area contributed by atoms with Crippen molar-refractivity contribution in [1.29, 1.82) is 0 Å². The lowest BCUT2D eigenvalue weighted by Crippen LogP contribution is -2.02. The van der Waals surface area contributed by atoms with Crippen molar-refractivity contribution in [3.05, 3.63) is 283 Å². The topological polar surface area (TPSA) is 26.3 Å². The standard InChI is InChI=1S/C16H16O.C15H16O.2C15H16.C9H12/c1-11-5-4-6-14(9-11)16(17)15-8-7-12(2)13(3)10-15;1-11-5-4-6-14(9-11)16-15-8-7-12(2)13(3)10-15;2*1-11-5-4-6-14(9-11)15-8-7-12(2)13(3)10-15;1-7-4-5-8(2)9(3)6-7/h4-10H,1-3H3;4-10H,1-3H3;2*4-10H,1-3H3;4-6H,1-3H3. The number of hydrogen-bond donors (Lipinski definition) is 0. The molecule has 0 bridgehead atoms. The number of hydrogen-bond acceptors (Lipinski definition) is 2. The van der Waals surface area contributed by atoms with E-state index in [2.05, 4.69) is 211 Å². The third kappa shape index (κ3) is 17.1. The second kappa shape index (κ2) is 26.6. The van der Waals surface area contributed by atoms with E-state index < -0.39 is 0 Å². The average Bonchev–Trinajstić information content (AvgIpc) is 3.35. The number of ether oxygens (including phenoxy) is 1. The molecule has 0 saturated heterocycles. The summed E-state index contributed by atoms with van der Waals surface area (Å²) in [7, 11) is 0. The van der Waals surface area contributed by atoms with Gasteiger partial charge in [-0.3, -0.25) is 4.79 Å². The lowest BCUT2D eigenvalue weighted by Gasteiger charge is -2.08. The molecule has 9 aromatic carbocycles. The van der Waals surface area contributed by atoms with E-state index in [0.29, 0.717) is 0 Å². The van der Waals surface area contributed by atoms with E-state index in [4.69, 9.17) is 4.74 Å². The first-order chi connectivity index (χ1) is 34.3. The second-order valence-corrected chi connectivity index (χ2v) is 19.6. The van der Waals surface area contributed by atoms with E-state index in [1.54, 1.807) is 0 Å². The van der Waals surface area contributed by atoms with Crippen LogP contribution in [0.25, 0.3) is 22.3 Å². The Bertz CT molecular complexity index is 3140. The molecule has 72 heavy (non-hydrogen) atoms. The SMILES string of the molecule is Cc1ccc(C)c(C)c1.Cc1cccc(-c2ccc(C)c(C)c2)c1.Cc1cccc(-c2ccc(C)c(C)c2)c1.Cc1cccc(C(=O)c2ccc(C)c(C)c2)c1.Cc1cccc(Oc2ccc(C)c(C)c2)c1. The minimum absolute atomic E-state index is 0.0943. The van der Waals surface area contributed by atoms with Crippen molar-refractivity contribution in [3.63, 3.8) is 0 Å². The fourth-order valence-corrected chi connectivity index (χ4v) is 7.81. The summed E-state index contributed by atoms with van der Waals surface area (Å²) in [4.78, 5) is 12.3. The Morgan fingerprint density at radius 1 is 0.250 bits per heavy atom. The van der Waals surface area contributed by atoms with Gasteiger partial charge in [-0.2, -0.15) is 0 Å². The van der Waals surface area contributed by atoms with Crippen molar-refractivity contribution in [2.24, 2.45) is 0 Å². The summed E-state index contributed by atoms with van der Waals surface area (Å²) in [6.07, 6.45) is 0. The van der Waals surface area contributed by atoms with Crippen LogP contribution in [0.15, 0.2) is 188 Å². The first-order valence-corrected chi connectivity index (χ1v) is 25.1. The molecule has 0 aliphatic heterocycles. The second-order valence-electron chi connectivity index (χ2n) is 19.6. The van der Waals surface area contributed by atoms with E-state index in [-0.39, 0.29) is 5.78 Å². The molecular weight excluding hydrogens is 873 g/mol. The van der Waals surface area contributed by atoms with E-state index in [1.807, 2.05) is 80.6 Å². The van der Waals surface area contributed by atoms with Crippen molar-refractivity contribution in [1.82, 2.24) is 0 Å². The van der Waals surface area contributed by atoms with Gasteiger partial charge in [-0.05, 0) is 224 Å². The fraction of sp³-hybridized carbons (Fsp3) is 0.214. The van der Waals surface area contributed by atoms with Gasteiger partial charge < -0.3 is 4.74 Å². The molecule has 0 unspecified atom stereocenters. The van der Waals surface area contributed by atoms with Gasteiger partial charge in [-0.25, -0.2) is 0 Å². The van der Waals surface area contributed by atoms with Gasteiger partial charge in [0.25, 0.3) is 0 Å². The monoisotopic (exact) mass is 949 g/mol. The van der Waals surface area contributed by atoms with Gasteiger partial charge in [0.1, 0.15) is 11.5 Å². The molecule has 0 aromatic heterocycles. The number of ketones is 1. The molecule has 368 valence electrons. The van der Waals surface area contributed by atoms with Gasteiger partial charge in [0.15, 0.2) is 5.78 Å². The molecule has 9 rings (SSSR count). The van der Waals surface area contributed by atoms with Crippen LogP contribution < -0.4 is 4.74 Å². The minimum atomic E-state index is 0.0943. The highest BCUT2D eigenvalue weighted by atomic mass is 16.5. The number of benzene rings is 9. The van der Waals surface area contributed by atoms with Gasteiger partial charge in [0.2, 0.25) is 0 Å². The maximum Gasteiger partial charge on any atom is 0.193 e. The first-order valence-electron chi connectivity index (χ1n) is 25.1. The first kappa shape index (κ1) is 55.4. The van der Waals surface area contributed by atoms with Crippen LogP contribution >= 0.6 is 0 Å². The highest BCUT2D eigenvalue weighted by Gasteiger charge is 2.10. The lowest BCUT2D eigenvalue weighted by atomic mass is 9.98. The zero-order chi connectivity index (χ0) is 52.5. The van der Waals surface area contributed by atoms with Crippen LogP contribution in [0.2, 0.25) is 0 Å². The summed E-state index contributed by atoms with van der Waals surface area (Å²) in [5.41, 5.74) is 26.1. The molecule has 0 fully saturated rings. The molecule has 2 heteroatoms. The summed E-state index contributed by atoms with van der Waals surface area (Å²) in [5, 5.41) is 0. The van der Waals surface area contributed by atoms with Gasteiger partial charge >= 0.3 is 0 Å². The van der Waals surface area contributed by atoms with Gasteiger partial charge in [-0.1, -0.05) is 174 Å². The van der Waals surface area contributed by atoms with Gasteiger partial charge in [0.05, 0.1) is 0 Å². The maximum absolute atomic E-state index is 12.3. The molecule has 0 spiro atoms. The molecule has 0 N–H and O–H groups in total.